The van der Waals surface area contributed by atoms with Gasteiger partial charge in [-0.1, -0.05) is 12.1 Å². The van der Waals surface area contributed by atoms with E-state index in [0.29, 0.717) is 6.54 Å². The second-order valence-electron chi connectivity index (χ2n) is 6.20. The van der Waals surface area contributed by atoms with Crippen LogP contribution in [-0.4, -0.2) is 42.8 Å². The molecule has 2 rings (SSSR count). The van der Waals surface area contributed by atoms with Crippen LogP contribution in [-0.2, 0) is 4.74 Å². The van der Waals surface area contributed by atoms with Crippen molar-refractivity contribution in [2.45, 2.75) is 52.0 Å². The maximum absolute atomic E-state index is 6.03. The summed E-state index contributed by atoms with van der Waals surface area (Å²) in [5.74, 6) is 0.910. The van der Waals surface area contributed by atoms with Crippen molar-refractivity contribution < 1.29 is 9.47 Å². The molecule has 1 fully saturated rings. The lowest BCUT2D eigenvalue weighted by atomic mass is 10.0. The van der Waals surface area contributed by atoms with Gasteiger partial charge in [0.15, 0.2) is 0 Å². The molecule has 3 atom stereocenters. The first-order valence-electron chi connectivity index (χ1n) is 7.85. The molecule has 21 heavy (non-hydrogen) atoms. The van der Waals surface area contributed by atoms with Gasteiger partial charge in [0.1, 0.15) is 5.75 Å². The molecule has 0 spiro atoms. The summed E-state index contributed by atoms with van der Waals surface area (Å²) in [4.78, 5) is 2.43. The van der Waals surface area contributed by atoms with E-state index < -0.39 is 0 Å². The van der Waals surface area contributed by atoms with E-state index in [1.54, 1.807) is 0 Å². The van der Waals surface area contributed by atoms with Gasteiger partial charge >= 0.3 is 0 Å². The fraction of sp³-hybridized carbons (Fsp3) is 0.647. The Morgan fingerprint density at radius 1 is 1.19 bits per heavy atom. The van der Waals surface area contributed by atoms with Crippen LogP contribution < -0.4 is 10.5 Å². The molecule has 1 aliphatic heterocycles. The van der Waals surface area contributed by atoms with Crippen molar-refractivity contribution in [1.82, 2.24) is 4.90 Å². The number of ether oxygens (including phenoxy) is 2. The first kappa shape index (κ1) is 16.3. The zero-order valence-electron chi connectivity index (χ0n) is 13.6. The zero-order valence-corrected chi connectivity index (χ0v) is 13.6. The van der Waals surface area contributed by atoms with Crippen molar-refractivity contribution in [3.63, 3.8) is 0 Å². The van der Waals surface area contributed by atoms with Crippen LogP contribution >= 0.6 is 0 Å². The number of morpholine rings is 1. The Morgan fingerprint density at radius 3 is 2.24 bits per heavy atom. The van der Waals surface area contributed by atoms with E-state index in [1.165, 1.54) is 5.56 Å². The highest BCUT2D eigenvalue weighted by Gasteiger charge is 2.28. The van der Waals surface area contributed by atoms with Gasteiger partial charge in [0, 0.05) is 25.7 Å². The summed E-state index contributed by atoms with van der Waals surface area (Å²) in [5, 5.41) is 0. The lowest BCUT2D eigenvalue weighted by molar-refractivity contribution is -0.0799. The van der Waals surface area contributed by atoms with Crippen LogP contribution in [0.2, 0.25) is 0 Å². The van der Waals surface area contributed by atoms with Crippen molar-refractivity contribution in [1.29, 1.82) is 0 Å². The normalized spacial score (nSPS) is 25.0. The quantitative estimate of drug-likeness (QED) is 0.906. The standard InChI is InChI=1S/C17H28N2O2/c1-12(2)20-16-7-5-15(6-8-16)17(9-18)19-10-13(3)21-14(4)11-19/h5-8,12-14,17H,9-11,18H2,1-4H3. The van der Waals surface area contributed by atoms with Crippen LogP contribution in [0.5, 0.6) is 5.75 Å². The van der Waals surface area contributed by atoms with Crippen LogP contribution in [0.15, 0.2) is 24.3 Å². The fourth-order valence-electron chi connectivity index (χ4n) is 3.01. The van der Waals surface area contributed by atoms with Gasteiger partial charge in [-0.25, -0.2) is 0 Å². The maximum atomic E-state index is 6.03. The molecular weight excluding hydrogens is 264 g/mol. The molecule has 1 aromatic carbocycles. The highest BCUT2D eigenvalue weighted by atomic mass is 16.5. The molecule has 0 radical (unpaired) electrons. The Morgan fingerprint density at radius 2 is 1.76 bits per heavy atom. The van der Waals surface area contributed by atoms with Gasteiger partial charge in [0.25, 0.3) is 0 Å². The Hall–Kier alpha value is -1.10. The predicted octanol–water partition coefficient (Wildman–Crippen LogP) is 2.58. The Kier molecular flexibility index (Phi) is 5.62. The van der Waals surface area contributed by atoms with E-state index in [4.69, 9.17) is 15.2 Å². The molecule has 1 saturated heterocycles. The molecule has 0 bridgehead atoms. The summed E-state index contributed by atoms with van der Waals surface area (Å²) in [6.45, 7) is 10.8. The SMILES string of the molecule is CC(C)Oc1ccc(C(CN)N2CC(C)OC(C)C2)cc1. The van der Waals surface area contributed by atoms with Crippen molar-refractivity contribution >= 4 is 0 Å². The average molecular weight is 292 g/mol. The highest BCUT2D eigenvalue weighted by Crippen LogP contribution is 2.26. The van der Waals surface area contributed by atoms with Gasteiger partial charge in [0.05, 0.1) is 18.3 Å². The maximum Gasteiger partial charge on any atom is 0.119 e. The highest BCUT2D eigenvalue weighted by molar-refractivity contribution is 5.29. The molecule has 0 saturated carbocycles. The second kappa shape index (κ2) is 7.25. The number of nitrogens with zero attached hydrogens (tertiary/aromatic N) is 1. The topological polar surface area (TPSA) is 47.7 Å². The summed E-state index contributed by atoms with van der Waals surface area (Å²) in [6.07, 6.45) is 0.708. The van der Waals surface area contributed by atoms with Crippen LogP contribution in [0.25, 0.3) is 0 Å². The predicted molar refractivity (Wildman–Crippen MR) is 85.6 cm³/mol. The molecule has 3 unspecified atom stereocenters. The van der Waals surface area contributed by atoms with Gasteiger partial charge in [0.2, 0.25) is 0 Å². The van der Waals surface area contributed by atoms with Crippen LogP contribution in [0.4, 0.5) is 0 Å². The minimum atomic E-state index is 0.196. The molecule has 0 aliphatic carbocycles. The third-order valence-electron chi connectivity index (χ3n) is 3.75. The monoisotopic (exact) mass is 292 g/mol. The molecule has 0 amide bonds. The molecule has 1 aliphatic rings. The van der Waals surface area contributed by atoms with E-state index >= 15 is 0 Å². The minimum absolute atomic E-state index is 0.196. The minimum Gasteiger partial charge on any atom is -0.491 e. The Balaban J connectivity index is 2.09. The smallest absolute Gasteiger partial charge is 0.119 e. The van der Waals surface area contributed by atoms with Crippen LogP contribution in [0, 0.1) is 0 Å². The molecule has 4 nitrogen and oxygen atoms in total. The van der Waals surface area contributed by atoms with E-state index in [-0.39, 0.29) is 24.4 Å². The summed E-state index contributed by atoms with van der Waals surface area (Å²) in [6, 6.07) is 8.56. The van der Waals surface area contributed by atoms with Crippen molar-refractivity contribution in [2.24, 2.45) is 5.73 Å². The molecule has 2 N–H and O–H groups in total. The summed E-state index contributed by atoms with van der Waals surface area (Å²) in [5.41, 5.74) is 7.28. The molecular formula is C17H28N2O2. The third kappa shape index (κ3) is 4.43. The number of benzene rings is 1. The van der Waals surface area contributed by atoms with Gasteiger partial charge in [-0.2, -0.15) is 0 Å². The summed E-state index contributed by atoms with van der Waals surface area (Å²) >= 11 is 0. The first-order chi connectivity index (χ1) is 9.99. The van der Waals surface area contributed by atoms with E-state index in [9.17, 15) is 0 Å². The van der Waals surface area contributed by atoms with E-state index in [0.717, 1.165) is 18.8 Å². The van der Waals surface area contributed by atoms with Crippen molar-refractivity contribution in [3.05, 3.63) is 29.8 Å². The Labute approximate surface area is 128 Å². The van der Waals surface area contributed by atoms with Gasteiger partial charge < -0.3 is 15.2 Å². The second-order valence-corrected chi connectivity index (χ2v) is 6.20. The van der Waals surface area contributed by atoms with Gasteiger partial charge in [-0.3, -0.25) is 4.90 Å². The van der Waals surface area contributed by atoms with Crippen molar-refractivity contribution in [2.75, 3.05) is 19.6 Å². The van der Waals surface area contributed by atoms with Gasteiger partial charge in [-0.05, 0) is 45.4 Å². The van der Waals surface area contributed by atoms with Crippen LogP contribution in [0.3, 0.4) is 0 Å². The molecule has 4 heteroatoms. The number of rotatable bonds is 5. The number of hydrogen-bond donors (Lipinski definition) is 1. The summed E-state index contributed by atoms with van der Waals surface area (Å²) < 4.78 is 11.5. The third-order valence-corrected chi connectivity index (χ3v) is 3.75. The number of nitrogens with two attached hydrogens (primary N) is 1. The van der Waals surface area contributed by atoms with E-state index in [2.05, 4.69) is 30.9 Å². The zero-order chi connectivity index (χ0) is 15.4. The van der Waals surface area contributed by atoms with Crippen molar-refractivity contribution in [3.8, 4) is 5.75 Å². The molecule has 0 aromatic heterocycles. The largest absolute Gasteiger partial charge is 0.491 e. The first-order valence-corrected chi connectivity index (χ1v) is 7.85. The summed E-state index contributed by atoms with van der Waals surface area (Å²) in [7, 11) is 0. The van der Waals surface area contributed by atoms with E-state index in [1.807, 2.05) is 26.0 Å². The van der Waals surface area contributed by atoms with Crippen LogP contribution in [0.1, 0.15) is 39.3 Å². The Bertz CT molecular complexity index is 423. The molecule has 1 heterocycles. The fourth-order valence-corrected chi connectivity index (χ4v) is 3.01. The number of hydrogen-bond acceptors (Lipinski definition) is 4. The molecule has 118 valence electrons. The molecule has 1 aromatic rings. The lowest BCUT2D eigenvalue weighted by Crippen LogP contribution is -2.48. The lowest BCUT2D eigenvalue weighted by Gasteiger charge is -2.40. The van der Waals surface area contributed by atoms with Gasteiger partial charge in [-0.15, -0.1) is 0 Å². The average Bonchev–Trinajstić information content (AvgIpc) is 2.40.